The molecule has 0 aliphatic rings. The fraction of sp³-hybridized carbons (Fsp3) is 0.333. The van der Waals surface area contributed by atoms with Crippen molar-refractivity contribution in [3.05, 3.63) is 30.1 Å². The van der Waals surface area contributed by atoms with E-state index in [4.69, 9.17) is 0 Å². The number of carbonyl (C=O) groups is 1. The van der Waals surface area contributed by atoms with Crippen LogP contribution in [0.1, 0.15) is 5.82 Å². The van der Waals surface area contributed by atoms with E-state index in [1.807, 2.05) is 24.3 Å². The van der Waals surface area contributed by atoms with Crippen molar-refractivity contribution in [1.29, 1.82) is 0 Å². The summed E-state index contributed by atoms with van der Waals surface area (Å²) < 4.78 is 1.23. The third-order valence-electron chi connectivity index (χ3n) is 2.49. The Bertz CT molecular complexity index is 522. The van der Waals surface area contributed by atoms with Gasteiger partial charge in [0, 0.05) is 19.3 Å². The van der Waals surface area contributed by atoms with E-state index in [2.05, 4.69) is 28.1 Å². The van der Waals surface area contributed by atoms with Crippen molar-refractivity contribution in [1.82, 2.24) is 19.6 Å². The summed E-state index contributed by atoms with van der Waals surface area (Å²) in [5.41, 5.74) is 2.05. The maximum absolute atomic E-state index is 11.2. The highest BCUT2D eigenvalue weighted by Crippen LogP contribution is 2.14. The number of nitrogens with zero attached hydrogens (tertiary/aromatic N) is 2. The lowest BCUT2D eigenvalue weighted by atomic mass is 10.3. The van der Waals surface area contributed by atoms with E-state index in [0.29, 0.717) is 6.54 Å². The van der Waals surface area contributed by atoms with E-state index in [1.165, 1.54) is 4.31 Å². The molecule has 0 bridgehead atoms. The highest BCUT2D eigenvalue weighted by atomic mass is 32.2. The van der Waals surface area contributed by atoms with E-state index in [-0.39, 0.29) is 6.03 Å². The van der Waals surface area contributed by atoms with Crippen LogP contribution in [0.2, 0.25) is 0 Å². The average Bonchev–Trinajstić information content (AvgIpc) is 2.80. The van der Waals surface area contributed by atoms with Gasteiger partial charge in [-0.2, -0.15) is 11.8 Å². The molecule has 1 aromatic heterocycles. The van der Waals surface area contributed by atoms with Crippen LogP contribution in [0.5, 0.6) is 0 Å². The lowest BCUT2D eigenvalue weighted by molar-refractivity contribution is 0.231. The monoisotopic (exact) mass is 296 g/mol. The first-order valence-corrected chi connectivity index (χ1v) is 7.44. The summed E-state index contributed by atoms with van der Waals surface area (Å²) in [5, 5.41) is 2.75. The lowest BCUT2D eigenvalue weighted by Gasteiger charge is -2.09. The molecule has 0 saturated heterocycles. The van der Waals surface area contributed by atoms with Gasteiger partial charge in [0.2, 0.25) is 0 Å². The minimum atomic E-state index is -0.187. The number of imidazole rings is 1. The van der Waals surface area contributed by atoms with Crippen LogP contribution in [0, 0.1) is 0 Å². The van der Waals surface area contributed by atoms with Crippen molar-refractivity contribution in [2.45, 2.75) is 5.75 Å². The molecule has 102 valence electrons. The standard InChI is InChI=1S/C12H16N4OS2/c1-16(18)12(17)13-6-7-19-8-11-14-9-4-2-3-5-10(9)15-11/h2-5,18H,6-8H2,1H3,(H,13,17)(H,14,15). The quantitative estimate of drug-likeness (QED) is 0.586. The molecule has 0 unspecified atom stereocenters. The second-order valence-electron chi connectivity index (χ2n) is 4.01. The molecule has 2 aromatic rings. The van der Waals surface area contributed by atoms with Crippen molar-refractivity contribution >= 4 is 41.6 Å². The summed E-state index contributed by atoms with van der Waals surface area (Å²) in [4.78, 5) is 19.0. The van der Waals surface area contributed by atoms with Crippen molar-refractivity contribution in [3.8, 4) is 0 Å². The molecule has 0 fully saturated rings. The van der Waals surface area contributed by atoms with Gasteiger partial charge in [-0.25, -0.2) is 9.78 Å². The van der Waals surface area contributed by atoms with Gasteiger partial charge in [-0.3, -0.25) is 4.31 Å². The molecule has 0 saturated carbocycles. The molecule has 1 heterocycles. The van der Waals surface area contributed by atoms with Crippen molar-refractivity contribution in [3.63, 3.8) is 0 Å². The Kier molecular flexibility index (Phi) is 4.98. The Balaban J connectivity index is 1.72. The van der Waals surface area contributed by atoms with Crippen molar-refractivity contribution in [2.24, 2.45) is 0 Å². The maximum atomic E-state index is 11.2. The van der Waals surface area contributed by atoms with Crippen LogP contribution in [-0.2, 0) is 5.75 Å². The predicted octanol–water partition coefficient (Wildman–Crippen LogP) is 2.28. The Labute approximate surface area is 121 Å². The first-order valence-electron chi connectivity index (χ1n) is 5.88. The topological polar surface area (TPSA) is 61.0 Å². The van der Waals surface area contributed by atoms with Crippen LogP contribution in [0.15, 0.2) is 24.3 Å². The van der Waals surface area contributed by atoms with E-state index in [0.717, 1.165) is 28.4 Å². The molecule has 5 nitrogen and oxygen atoms in total. The van der Waals surface area contributed by atoms with Crippen LogP contribution in [0.4, 0.5) is 4.79 Å². The second-order valence-corrected chi connectivity index (χ2v) is 5.71. The summed E-state index contributed by atoms with van der Waals surface area (Å²) in [6.07, 6.45) is 0. The number of carbonyl (C=O) groups excluding carboxylic acids is 1. The number of hydrogen-bond donors (Lipinski definition) is 3. The van der Waals surface area contributed by atoms with E-state index in [1.54, 1.807) is 18.8 Å². The number of nitrogens with one attached hydrogen (secondary N) is 2. The molecule has 0 radical (unpaired) electrons. The second kappa shape index (κ2) is 6.72. The van der Waals surface area contributed by atoms with Gasteiger partial charge < -0.3 is 10.3 Å². The molecular formula is C12H16N4OS2. The molecule has 0 aliphatic heterocycles. The zero-order chi connectivity index (χ0) is 13.7. The van der Waals surface area contributed by atoms with E-state index < -0.39 is 0 Å². The summed E-state index contributed by atoms with van der Waals surface area (Å²) in [7, 11) is 1.60. The molecule has 2 N–H and O–H groups in total. The maximum Gasteiger partial charge on any atom is 0.326 e. The van der Waals surface area contributed by atoms with E-state index >= 15 is 0 Å². The number of hydrogen-bond acceptors (Lipinski definition) is 4. The van der Waals surface area contributed by atoms with Crippen molar-refractivity contribution in [2.75, 3.05) is 19.3 Å². The van der Waals surface area contributed by atoms with Crippen LogP contribution in [-0.4, -0.2) is 39.6 Å². The number of amides is 2. The number of thiol groups is 1. The number of para-hydroxylation sites is 2. The number of rotatable bonds is 5. The third-order valence-corrected chi connectivity index (χ3v) is 3.65. The van der Waals surface area contributed by atoms with Gasteiger partial charge in [0.1, 0.15) is 5.82 Å². The van der Waals surface area contributed by atoms with Gasteiger partial charge in [0.25, 0.3) is 0 Å². The molecule has 0 atom stereocenters. The largest absolute Gasteiger partial charge is 0.341 e. The minimum Gasteiger partial charge on any atom is -0.341 e. The number of aromatic nitrogens is 2. The number of fused-ring (bicyclic) bond motifs is 1. The van der Waals surface area contributed by atoms with Crippen LogP contribution in [0.3, 0.4) is 0 Å². The molecule has 19 heavy (non-hydrogen) atoms. The molecule has 1 aromatic carbocycles. The van der Waals surface area contributed by atoms with Crippen LogP contribution < -0.4 is 5.32 Å². The van der Waals surface area contributed by atoms with Gasteiger partial charge in [0.05, 0.1) is 16.8 Å². The summed E-state index contributed by atoms with van der Waals surface area (Å²) in [6.45, 7) is 0.620. The van der Waals surface area contributed by atoms with Crippen LogP contribution in [0.25, 0.3) is 11.0 Å². The Morgan fingerprint density at radius 2 is 2.32 bits per heavy atom. The normalized spacial score (nSPS) is 10.6. The Hall–Kier alpha value is -1.34. The third kappa shape index (κ3) is 4.07. The van der Waals surface area contributed by atoms with Crippen molar-refractivity contribution < 1.29 is 4.79 Å². The Morgan fingerprint density at radius 1 is 1.53 bits per heavy atom. The molecular weight excluding hydrogens is 280 g/mol. The highest BCUT2D eigenvalue weighted by molar-refractivity contribution is 7.98. The zero-order valence-electron chi connectivity index (χ0n) is 10.6. The summed E-state index contributed by atoms with van der Waals surface area (Å²) in [5.74, 6) is 2.61. The first-order chi connectivity index (χ1) is 9.16. The summed E-state index contributed by atoms with van der Waals surface area (Å²) in [6, 6.07) is 7.78. The fourth-order valence-electron chi connectivity index (χ4n) is 1.59. The minimum absolute atomic E-state index is 0.187. The molecule has 7 heteroatoms. The molecule has 0 spiro atoms. The van der Waals surface area contributed by atoms with E-state index in [9.17, 15) is 4.79 Å². The molecule has 2 rings (SSSR count). The summed E-state index contributed by atoms with van der Waals surface area (Å²) >= 11 is 5.63. The van der Waals surface area contributed by atoms with Crippen LogP contribution >= 0.6 is 24.6 Å². The lowest BCUT2D eigenvalue weighted by Crippen LogP contribution is -2.32. The molecule has 2 amide bonds. The van der Waals surface area contributed by atoms with Gasteiger partial charge in [-0.1, -0.05) is 24.9 Å². The molecule has 0 aliphatic carbocycles. The van der Waals surface area contributed by atoms with Gasteiger partial charge in [-0.05, 0) is 12.1 Å². The average molecular weight is 296 g/mol. The zero-order valence-corrected chi connectivity index (χ0v) is 12.3. The SMILES string of the molecule is CN(S)C(=O)NCCSCc1nc2ccccc2[nH]1. The number of thioether (sulfide) groups is 1. The number of urea groups is 1. The predicted molar refractivity (Wildman–Crippen MR) is 82.4 cm³/mol. The van der Waals surface area contributed by atoms with Gasteiger partial charge >= 0.3 is 6.03 Å². The van der Waals surface area contributed by atoms with Gasteiger partial charge in [-0.15, -0.1) is 0 Å². The first kappa shape index (κ1) is 14.1. The number of aromatic amines is 1. The highest BCUT2D eigenvalue weighted by Gasteiger charge is 2.04. The van der Waals surface area contributed by atoms with Gasteiger partial charge in [0.15, 0.2) is 0 Å². The Morgan fingerprint density at radius 3 is 3.05 bits per heavy atom. The number of H-pyrrole nitrogens is 1. The fourth-order valence-corrected chi connectivity index (χ4v) is 2.38. The number of benzene rings is 1. The smallest absolute Gasteiger partial charge is 0.326 e.